The van der Waals surface area contributed by atoms with Crippen molar-refractivity contribution in [3.63, 3.8) is 0 Å². The minimum Gasteiger partial charge on any atom is -0.382 e. The molecule has 0 saturated heterocycles. The number of aliphatic hydroxyl groups is 1. The van der Waals surface area contributed by atoms with E-state index in [0.717, 1.165) is 49.9 Å². The van der Waals surface area contributed by atoms with Gasteiger partial charge >= 0.3 is 8.25 Å². The Labute approximate surface area is 166 Å². The molecule has 0 fully saturated rings. The molecule has 7 heteroatoms. The molecule has 0 saturated carbocycles. The molecule has 0 aliphatic rings. The zero-order valence-corrected chi connectivity index (χ0v) is 18.6. The second-order valence-corrected chi connectivity index (χ2v) is 8.27. The van der Waals surface area contributed by atoms with Crippen molar-refractivity contribution in [3.8, 4) is 0 Å². The van der Waals surface area contributed by atoms with Crippen molar-refractivity contribution in [1.29, 1.82) is 0 Å². The van der Waals surface area contributed by atoms with Gasteiger partial charge in [0.1, 0.15) is 19.3 Å². The normalized spacial score (nSPS) is 13.4. The van der Waals surface area contributed by atoms with Crippen LogP contribution >= 0.6 is 8.25 Å². The molecule has 0 radical (unpaired) electrons. The maximum absolute atomic E-state index is 11.9. The number of carbonyl (C=O) groups excluding carboxylic acids is 1. The number of aliphatic hydroxyl groups excluding tert-OH is 1. The van der Waals surface area contributed by atoms with Crippen molar-refractivity contribution in [1.82, 2.24) is 0 Å². The van der Waals surface area contributed by atoms with Gasteiger partial charge in [-0.1, -0.05) is 46.6 Å². The molecule has 0 aromatic rings. The summed E-state index contributed by atoms with van der Waals surface area (Å²) in [4.78, 5) is 11.5. The molecular formula is C20H40NO5P+2. The third kappa shape index (κ3) is 11.7. The number of ketones is 1. The third-order valence-corrected chi connectivity index (χ3v) is 5.53. The van der Waals surface area contributed by atoms with Crippen LogP contribution in [0.2, 0.25) is 0 Å². The van der Waals surface area contributed by atoms with Crippen LogP contribution in [0.4, 0.5) is 0 Å². The summed E-state index contributed by atoms with van der Waals surface area (Å²) in [5.41, 5.74) is 0.243. The van der Waals surface area contributed by atoms with E-state index in [-0.39, 0.29) is 12.2 Å². The predicted octanol–water partition coefficient (Wildman–Crippen LogP) is 4.40. The van der Waals surface area contributed by atoms with Crippen molar-refractivity contribution in [2.75, 3.05) is 39.4 Å². The Morgan fingerprint density at radius 3 is 1.89 bits per heavy atom. The van der Waals surface area contributed by atoms with E-state index in [1.807, 2.05) is 0 Å². The molecule has 0 aliphatic carbocycles. The van der Waals surface area contributed by atoms with Gasteiger partial charge in [-0.05, 0) is 31.8 Å². The maximum atomic E-state index is 11.9. The highest BCUT2D eigenvalue weighted by Gasteiger charge is 2.30. The van der Waals surface area contributed by atoms with Gasteiger partial charge < -0.3 is 9.59 Å². The molecule has 2 unspecified atom stereocenters. The van der Waals surface area contributed by atoms with Gasteiger partial charge in [-0.3, -0.25) is 4.79 Å². The summed E-state index contributed by atoms with van der Waals surface area (Å²) in [6.45, 7) is 15.7. The average molecular weight is 406 g/mol. The molecular weight excluding hydrogens is 365 g/mol. The number of quaternary nitrogens is 1. The van der Waals surface area contributed by atoms with Crippen LogP contribution in [0.15, 0.2) is 12.2 Å². The molecule has 0 aromatic heterocycles. The van der Waals surface area contributed by atoms with Crippen LogP contribution in [0.1, 0.15) is 66.2 Å². The Hall–Kier alpha value is -0.650. The van der Waals surface area contributed by atoms with E-state index >= 15 is 0 Å². The number of hydrogen-bond donors (Lipinski definition) is 1. The summed E-state index contributed by atoms with van der Waals surface area (Å²) in [6.07, 6.45) is 5.64. The Balaban J connectivity index is 4.55. The fourth-order valence-electron chi connectivity index (χ4n) is 2.99. The smallest absolute Gasteiger partial charge is 0.382 e. The van der Waals surface area contributed by atoms with Crippen LogP contribution in [0.3, 0.4) is 0 Å². The molecule has 0 aromatic carbocycles. The maximum Gasteiger partial charge on any atom is 0.697 e. The van der Waals surface area contributed by atoms with Gasteiger partial charge in [-0.15, -0.1) is 9.05 Å². The number of carbonyl (C=O) groups is 1. The molecule has 0 rings (SSSR count). The van der Waals surface area contributed by atoms with Gasteiger partial charge in [-0.25, -0.2) is 0 Å². The van der Waals surface area contributed by atoms with Gasteiger partial charge in [-0.2, -0.15) is 0 Å². The summed E-state index contributed by atoms with van der Waals surface area (Å²) in [5, 5.41) is 9.66. The average Bonchev–Trinajstić information content (AvgIpc) is 2.66. The molecule has 0 bridgehead atoms. The lowest BCUT2D eigenvalue weighted by Crippen LogP contribution is -2.51. The van der Waals surface area contributed by atoms with E-state index in [2.05, 4.69) is 27.4 Å². The van der Waals surface area contributed by atoms with E-state index in [1.165, 1.54) is 26.2 Å². The van der Waals surface area contributed by atoms with Crippen LogP contribution in [-0.4, -0.2) is 60.9 Å². The Kier molecular flexibility index (Phi) is 14.9. The van der Waals surface area contributed by atoms with E-state index in [1.54, 1.807) is 0 Å². The highest BCUT2D eigenvalue weighted by molar-refractivity contribution is 7.33. The fraction of sp³-hybridized carbons (Fsp3) is 0.850. The standard InChI is InChI=1S/C20H40NO5P/c1-6-9-12-21(13-10-7-2,14-11-8-3)15-16-25-27(24)26-17-19(22)20(23)18(4)5/h19,22H,4,6-17H2,1-3,5H3/q+2. The summed E-state index contributed by atoms with van der Waals surface area (Å²) in [5.74, 6) is -0.507. The molecule has 6 nitrogen and oxygen atoms in total. The minimum atomic E-state index is -2.35. The lowest BCUT2D eigenvalue weighted by molar-refractivity contribution is -0.928. The fourth-order valence-corrected chi connectivity index (χ4v) is 3.56. The van der Waals surface area contributed by atoms with Crippen molar-refractivity contribution < 1.29 is 28.0 Å². The second-order valence-electron chi connectivity index (χ2n) is 7.31. The lowest BCUT2D eigenvalue weighted by atomic mass is 10.1. The molecule has 2 atom stereocenters. The van der Waals surface area contributed by atoms with E-state index in [0.29, 0.717) is 6.61 Å². The van der Waals surface area contributed by atoms with Crippen LogP contribution in [0, 0.1) is 0 Å². The summed E-state index contributed by atoms with van der Waals surface area (Å²) < 4.78 is 23.3. The minimum absolute atomic E-state index is 0.243. The lowest BCUT2D eigenvalue weighted by Gasteiger charge is -2.38. The predicted molar refractivity (Wildman–Crippen MR) is 110 cm³/mol. The number of rotatable bonds is 18. The van der Waals surface area contributed by atoms with Crippen LogP contribution in [0.25, 0.3) is 0 Å². The monoisotopic (exact) mass is 405 g/mol. The number of hydrogen-bond acceptors (Lipinski definition) is 5. The van der Waals surface area contributed by atoms with Gasteiger partial charge in [0.15, 0.2) is 12.4 Å². The molecule has 158 valence electrons. The Morgan fingerprint density at radius 2 is 1.48 bits per heavy atom. The zero-order valence-electron chi connectivity index (χ0n) is 17.7. The van der Waals surface area contributed by atoms with Crippen molar-refractivity contribution >= 4 is 14.0 Å². The van der Waals surface area contributed by atoms with Crippen molar-refractivity contribution in [3.05, 3.63) is 12.2 Å². The zero-order chi connectivity index (χ0) is 20.7. The third-order valence-electron chi connectivity index (χ3n) is 4.78. The molecule has 0 spiro atoms. The quantitative estimate of drug-likeness (QED) is 0.208. The second kappa shape index (κ2) is 15.3. The molecule has 0 amide bonds. The van der Waals surface area contributed by atoms with Crippen molar-refractivity contribution in [2.24, 2.45) is 0 Å². The Bertz CT molecular complexity index is 434. The van der Waals surface area contributed by atoms with Gasteiger partial charge in [0.25, 0.3) is 0 Å². The largest absolute Gasteiger partial charge is 0.697 e. The SMILES string of the molecule is C=C(C)C(=O)C(O)CO[P+](=O)OCC[N+](CCCC)(CCCC)CCCC. The first-order chi connectivity index (χ1) is 12.8. The van der Waals surface area contributed by atoms with E-state index in [9.17, 15) is 14.5 Å². The first-order valence-corrected chi connectivity index (χ1v) is 11.4. The molecule has 0 heterocycles. The summed E-state index contributed by atoms with van der Waals surface area (Å²) in [6, 6.07) is 0. The first kappa shape index (κ1) is 26.4. The molecule has 0 aliphatic heterocycles. The number of Topliss-reactive ketones (excluding diaryl/α,β-unsaturated/α-hetero) is 1. The highest BCUT2D eigenvalue weighted by atomic mass is 31.1. The highest BCUT2D eigenvalue weighted by Crippen LogP contribution is 2.25. The van der Waals surface area contributed by atoms with E-state index in [4.69, 9.17) is 9.05 Å². The van der Waals surface area contributed by atoms with Crippen LogP contribution < -0.4 is 0 Å². The number of unbranched alkanes of at least 4 members (excludes halogenated alkanes) is 3. The topological polar surface area (TPSA) is 72.8 Å². The van der Waals surface area contributed by atoms with Gasteiger partial charge in [0, 0.05) is 4.57 Å². The van der Waals surface area contributed by atoms with Crippen molar-refractivity contribution in [2.45, 2.75) is 72.3 Å². The Morgan fingerprint density at radius 1 is 1.00 bits per heavy atom. The van der Waals surface area contributed by atoms with Gasteiger partial charge in [0.2, 0.25) is 0 Å². The van der Waals surface area contributed by atoms with Crippen LogP contribution in [0.5, 0.6) is 0 Å². The van der Waals surface area contributed by atoms with E-state index < -0.39 is 20.1 Å². The number of nitrogens with zero attached hydrogens (tertiary/aromatic N) is 1. The summed E-state index contributed by atoms with van der Waals surface area (Å²) >= 11 is 0. The van der Waals surface area contributed by atoms with Crippen LogP contribution in [-0.2, 0) is 18.4 Å². The molecule has 27 heavy (non-hydrogen) atoms. The first-order valence-electron chi connectivity index (χ1n) is 10.3. The van der Waals surface area contributed by atoms with Gasteiger partial charge in [0.05, 0.1) is 19.6 Å². The molecule has 1 N–H and O–H groups in total. The summed E-state index contributed by atoms with van der Waals surface area (Å²) in [7, 11) is -2.35.